The molecule has 0 saturated heterocycles. The fourth-order valence-electron chi connectivity index (χ4n) is 3.52. The number of hydrogen-bond donors (Lipinski definition) is 6. The van der Waals surface area contributed by atoms with Crippen LogP contribution in [0.2, 0.25) is 0 Å². The Morgan fingerprint density at radius 2 is 1.35 bits per heavy atom. The van der Waals surface area contributed by atoms with Crippen LogP contribution in [0.5, 0.6) is 0 Å². The van der Waals surface area contributed by atoms with Crippen molar-refractivity contribution in [1.82, 2.24) is 16.0 Å². The molecule has 0 saturated carbocycles. The number of hydrogen-bond acceptors (Lipinski definition) is 8. The molecule has 0 bridgehead atoms. The molecule has 0 radical (unpaired) electrons. The number of carboxylic acid groups (broad SMARTS) is 1. The fraction of sp³-hybridized carbons (Fsp3) is 0.600. The molecule has 3 amide bonds. The van der Waals surface area contributed by atoms with Gasteiger partial charge in [-0.25, -0.2) is 4.79 Å². The highest BCUT2D eigenvalue weighted by molar-refractivity contribution is 7.98. The summed E-state index contributed by atoms with van der Waals surface area (Å²) in [5, 5.41) is 17.7. The second-order valence-electron chi connectivity index (χ2n) is 8.67. The van der Waals surface area contributed by atoms with E-state index in [1.165, 1.54) is 11.8 Å². The van der Waals surface area contributed by atoms with Gasteiger partial charge in [0.2, 0.25) is 17.7 Å². The van der Waals surface area contributed by atoms with Crippen LogP contribution in [0, 0.1) is 0 Å². The van der Waals surface area contributed by atoms with Crippen LogP contribution in [0.1, 0.15) is 37.7 Å². The first kappa shape index (κ1) is 32.7. The summed E-state index contributed by atoms with van der Waals surface area (Å²) in [5.41, 5.74) is 12.3. The second kappa shape index (κ2) is 18.9. The van der Waals surface area contributed by atoms with Gasteiger partial charge < -0.3 is 32.5 Å². The summed E-state index contributed by atoms with van der Waals surface area (Å²) in [5.74, 6) is -1.38. The Bertz CT molecular complexity index is 846. The van der Waals surface area contributed by atoms with E-state index in [-0.39, 0.29) is 12.8 Å². The molecule has 1 rings (SSSR count). The summed E-state index contributed by atoms with van der Waals surface area (Å²) in [6, 6.07) is 5.23. The van der Waals surface area contributed by atoms with Gasteiger partial charge in [-0.15, -0.1) is 0 Å². The maximum atomic E-state index is 13.2. The van der Waals surface area contributed by atoms with E-state index in [9.17, 15) is 24.3 Å². The number of amides is 3. The lowest BCUT2D eigenvalue weighted by Crippen LogP contribution is -2.57. The summed E-state index contributed by atoms with van der Waals surface area (Å²) in [7, 11) is 0. The molecule has 12 heteroatoms. The number of carbonyl (C=O) groups is 4. The molecule has 0 heterocycles. The van der Waals surface area contributed by atoms with Crippen LogP contribution in [0.3, 0.4) is 0 Å². The molecule has 10 nitrogen and oxygen atoms in total. The summed E-state index contributed by atoms with van der Waals surface area (Å²) >= 11 is 3.10. The third kappa shape index (κ3) is 13.2. The highest BCUT2D eigenvalue weighted by Gasteiger charge is 2.30. The Morgan fingerprint density at radius 1 is 0.811 bits per heavy atom. The molecule has 1 aromatic carbocycles. The minimum Gasteiger partial charge on any atom is -0.480 e. The van der Waals surface area contributed by atoms with E-state index in [1.54, 1.807) is 36.0 Å². The Labute approximate surface area is 227 Å². The zero-order valence-electron chi connectivity index (χ0n) is 21.6. The van der Waals surface area contributed by atoms with Gasteiger partial charge in [-0.3, -0.25) is 14.4 Å². The summed E-state index contributed by atoms with van der Waals surface area (Å²) < 4.78 is 0. The number of carbonyl (C=O) groups excluding carboxylic acids is 3. The molecule has 0 aliphatic carbocycles. The maximum absolute atomic E-state index is 13.2. The van der Waals surface area contributed by atoms with E-state index in [2.05, 4.69) is 16.0 Å². The normalized spacial score (nSPS) is 14.2. The smallest absolute Gasteiger partial charge is 0.326 e. The van der Waals surface area contributed by atoms with Crippen molar-refractivity contribution in [3.05, 3.63) is 35.9 Å². The van der Waals surface area contributed by atoms with Gasteiger partial charge >= 0.3 is 5.97 Å². The maximum Gasteiger partial charge on any atom is 0.326 e. The van der Waals surface area contributed by atoms with Gasteiger partial charge in [0.1, 0.15) is 18.1 Å². The lowest BCUT2D eigenvalue weighted by atomic mass is 10.0. The van der Waals surface area contributed by atoms with E-state index in [0.29, 0.717) is 43.7 Å². The number of carboxylic acids is 1. The number of nitrogens with two attached hydrogens (primary N) is 2. The molecule has 8 N–H and O–H groups in total. The number of nitrogens with one attached hydrogen (secondary N) is 3. The first-order valence-corrected chi connectivity index (χ1v) is 15.1. The number of thioether (sulfide) groups is 2. The molecule has 0 aromatic heterocycles. The first-order valence-electron chi connectivity index (χ1n) is 12.3. The summed E-state index contributed by atoms with van der Waals surface area (Å²) in [6.45, 7) is 0.425. The number of benzene rings is 1. The zero-order chi connectivity index (χ0) is 27.6. The second-order valence-corrected chi connectivity index (χ2v) is 10.6. The third-order valence-corrected chi connectivity index (χ3v) is 6.98. The van der Waals surface area contributed by atoms with Crippen molar-refractivity contribution in [1.29, 1.82) is 0 Å². The van der Waals surface area contributed by atoms with E-state index < -0.39 is 47.9 Å². The van der Waals surface area contributed by atoms with Gasteiger partial charge in [0.05, 0.1) is 6.04 Å². The van der Waals surface area contributed by atoms with Crippen LogP contribution < -0.4 is 27.4 Å². The van der Waals surface area contributed by atoms with Gasteiger partial charge in [0.15, 0.2) is 0 Å². The highest BCUT2D eigenvalue weighted by Crippen LogP contribution is 2.08. The SMILES string of the molecule is CSCCC(N)C(=O)NC(CCSC)C(=O)NC(CCCCN)C(=O)NC(Cc1ccccc1)C(=O)O. The Morgan fingerprint density at radius 3 is 1.92 bits per heavy atom. The van der Waals surface area contributed by atoms with Gasteiger partial charge in [-0.1, -0.05) is 30.3 Å². The fourth-order valence-corrected chi connectivity index (χ4v) is 4.48. The standard InChI is InChI=1S/C25H41N5O5S2/c1-36-14-11-18(27)22(31)28-20(12-15-37-2)24(33)29-19(10-6-7-13-26)23(32)30-21(25(34)35)16-17-8-4-3-5-9-17/h3-5,8-9,18-21H,6-7,10-16,26-27H2,1-2H3,(H,28,31)(H,29,33)(H,30,32)(H,34,35). The largest absolute Gasteiger partial charge is 0.480 e. The molecule has 0 aliphatic heterocycles. The third-order valence-electron chi connectivity index (χ3n) is 5.69. The van der Waals surface area contributed by atoms with Gasteiger partial charge in [-0.2, -0.15) is 23.5 Å². The van der Waals surface area contributed by atoms with Gasteiger partial charge in [-0.05, 0) is 68.2 Å². The lowest BCUT2D eigenvalue weighted by Gasteiger charge is -2.25. The molecule has 4 atom stereocenters. The Kier molecular flexibility index (Phi) is 16.7. The van der Waals surface area contributed by atoms with Gasteiger partial charge in [0.25, 0.3) is 0 Å². The quantitative estimate of drug-likeness (QED) is 0.134. The van der Waals surface area contributed by atoms with Crippen molar-refractivity contribution < 1.29 is 24.3 Å². The van der Waals surface area contributed by atoms with Crippen molar-refractivity contribution in [3.8, 4) is 0 Å². The minimum absolute atomic E-state index is 0.103. The first-order chi connectivity index (χ1) is 17.7. The van der Waals surface area contributed by atoms with Crippen molar-refractivity contribution in [2.45, 2.75) is 62.7 Å². The van der Waals surface area contributed by atoms with Crippen LogP contribution in [0.15, 0.2) is 30.3 Å². The zero-order valence-corrected chi connectivity index (χ0v) is 23.2. The molecule has 4 unspecified atom stereocenters. The van der Waals surface area contributed by atoms with E-state index in [1.807, 2.05) is 18.6 Å². The average molecular weight is 556 g/mol. The molecule has 37 heavy (non-hydrogen) atoms. The van der Waals surface area contributed by atoms with Crippen LogP contribution in [-0.2, 0) is 25.6 Å². The van der Waals surface area contributed by atoms with E-state index in [0.717, 1.165) is 5.56 Å². The van der Waals surface area contributed by atoms with Crippen LogP contribution >= 0.6 is 23.5 Å². The molecule has 0 spiro atoms. The van der Waals surface area contributed by atoms with Crippen molar-refractivity contribution in [2.75, 3.05) is 30.6 Å². The van der Waals surface area contributed by atoms with E-state index >= 15 is 0 Å². The minimum atomic E-state index is -1.17. The topological polar surface area (TPSA) is 177 Å². The highest BCUT2D eigenvalue weighted by atomic mass is 32.2. The molecule has 0 aliphatic rings. The number of aliphatic carboxylic acids is 1. The van der Waals surface area contributed by atoms with Crippen LogP contribution in [0.25, 0.3) is 0 Å². The van der Waals surface area contributed by atoms with Crippen LogP contribution in [-0.4, -0.2) is 83.5 Å². The molecule has 1 aromatic rings. The molecular weight excluding hydrogens is 514 g/mol. The molecule has 208 valence electrons. The Hall–Kier alpha value is -2.28. The molecule has 0 fully saturated rings. The number of unbranched alkanes of at least 4 members (excludes halogenated alkanes) is 1. The molecular formula is C25H41N5O5S2. The van der Waals surface area contributed by atoms with Crippen molar-refractivity contribution in [3.63, 3.8) is 0 Å². The summed E-state index contributed by atoms with van der Waals surface area (Å²) in [6.07, 6.45) is 6.24. The van der Waals surface area contributed by atoms with Gasteiger partial charge in [0, 0.05) is 6.42 Å². The Balaban J connectivity index is 2.96. The predicted molar refractivity (Wildman–Crippen MR) is 150 cm³/mol. The average Bonchev–Trinajstić information content (AvgIpc) is 2.88. The van der Waals surface area contributed by atoms with Crippen molar-refractivity contribution >= 4 is 47.2 Å². The van der Waals surface area contributed by atoms with E-state index in [4.69, 9.17) is 11.5 Å². The van der Waals surface area contributed by atoms with Crippen molar-refractivity contribution in [2.24, 2.45) is 11.5 Å². The summed E-state index contributed by atoms with van der Waals surface area (Å²) in [4.78, 5) is 50.7. The monoisotopic (exact) mass is 555 g/mol. The predicted octanol–water partition coefficient (Wildman–Crippen LogP) is 0.731. The van der Waals surface area contributed by atoms with Crippen LogP contribution in [0.4, 0.5) is 0 Å². The lowest BCUT2D eigenvalue weighted by molar-refractivity contribution is -0.142. The number of rotatable bonds is 19.